The first kappa shape index (κ1) is 19.4. The van der Waals surface area contributed by atoms with Crippen molar-refractivity contribution >= 4 is 67.7 Å². The van der Waals surface area contributed by atoms with Gasteiger partial charge in [-0.1, -0.05) is 81.6 Å². The number of carbonyl (C=O) groups excluding carboxylic acids is 1. The van der Waals surface area contributed by atoms with Crippen molar-refractivity contribution < 1.29 is 4.79 Å². The SMILES string of the molecule is O=C(Nc1cnn(Cc2c(CI)cccc2CI)c1)c1n[nH]c2ccccc12. The molecule has 0 bridgehead atoms. The van der Waals surface area contributed by atoms with E-state index in [2.05, 4.69) is 84.0 Å². The van der Waals surface area contributed by atoms with E-state index in [-0.39, 0.29) is 5.91 Å². The van der Waals surface area contributed by atoms with E-state index in [4.69, 9.17) is 0 Å². The molecule has 0 fully saturated rings. The van der Waals surface area contributed by atoms with Crippen LogP contribution in [0, 0.1) is 0 Å². The van der Waals surface area contributed by atoms with Gasteiger partial charge in [0.1, 0.15) is 0 Å². The van der Waals surface area contributed by atoms with Crippen molar-refractivity contribution in [3.8, 4) is 0 Å². The molecular weight excluding hydrogens is 580 g/mol. The van der Waals surface area contributed by atoms with Crippen LogP contribution in [0.1, 0.15) is 27.2 Å². The monoisotopic (exact) mass is 597 g/mol. The molecule has 28 heavy (non-hydrogen) atoms. The normalized spacial score (nSPS) is 11.1. The molecule has 4 aromatic rings. The molecule has 0 saturated heterocycles. The summed E-state index contributed by atoms with van der Waals surface area (Å²) in [6.45, 7) is 0.679. The maximum Gasteiger partial charge on any atom is 0.276 e. The van der Waals surface area contributed by atoms with Crippen LogP contribution < -0.4 is 5.32 Å². The van der Waals surface area contributed by atoms with Gasteiger partial charge in [0.2, 0.25) is 0 Å². The third kappa shape index (κ3) is 3.93. The van der Waals surface area contributed by atoms with Crippen LogP contribution in [0.2, 0.25) is 0 Å². The van der Waals surface area contributed by atoms with E-state index in [1.54, 1.807) is 6.20 Å². The number of para-hydroxylation sites is 1. The van der Waals surface area contributed by atoms with Gasteiger partial charge in [0.15, 0.2) is 5.69 Å². The quantitative estimate of drug-likeness (QED) is 0.245. The molecule has 0 atom stereocenters. The Morgan fingerprint density at radius 2 is 1.82 bits per heavy atom. The lowest BCUT2D eigenvalue weighted by atomic mass is 10.0. The number of carbonyl (C=O) groups is 1. The van der Waals surface area contributed by atoms with Crippen molar-refractivity contribution in [1.29, 1.82) is 0 Å². The first-order valence-electron chi connectivity index (χ1n) is 8.68. The highest BCUT2D eigenvalue weighted by molar-refractivity contribution is 14.1. The molecule has 4 rings (SSSR count). The number of nitrogens with zero attached hydrogens (tertiary/aromatic N) is 3. The zero-order chi connectivity index (χ0) is 19.5. The predicted octanol–water partition coefficient (Wildman–Crippen LogP) is 4.93. The number of hydrogen-bond acceptors (Lipinski definition) is 3. The van der Waals surface area contributed by atoms with Gasteiger partial charge in [-0.15, -0.1) is 0 Å². The van der Waals surface area contributed by atoms with Gasteiger partial charge >= 0.3 is 0 Å². The topological polar surface area (TPSA) is 75.6 Å². The Balaban J connectivity index is 1.53. The summed E-state index contributed by atoms with van der Waals surface area (Å²) >= 11 is 4.78. The van der Waals surface area contributed by atoms with Gasteiger partial charge in [0.25, 0.3) is 5.91 Å². The largest absolute Gasteiger partial charge is 0.318 e. The highest BCUT2D eigenvalue weighted by atomic mass is 127. The Hall–Kier alpha value is -1.95. The predicted molar refractivity (Wildman–Crippen MR) is 127 cm³/mol. The van der Waals surface area contributed by atoms with Gasteiger partial charge < -0.3 is 5.32 Å². The molecule has 0 aliphatic heterocycles. The number of hydrogen-bond donors (Lipinski definition) is 2. The average molecular weight is 597 g/mol. The van der Waals surface area contributed by atoms with Crippen molar-refractivity contribution in [2.45, 2.75) is 15.4 Å². The fourth-order valence-corrected chi connectivity index (χ4v) is 4.57. The van der Waals surface area contributed by atoms with Crippen molar-refractivity contribution in [2.75, 3.05) is 5.32 Å². The van der Waals surface area contributed by atoms with E-state index in [9.17, 15) is 4.79 Å². The number of benzene rings is 2. The number of halogens is 2. The number of aromatic nitrogens is 4. The number of anilines is 1. The molecule has 0 aliphatic carbocycles. The maximum atomic E-state index is 12.6. The van der Waals surface area contributed by atoms with Crippen LogP contribution in [0.4, 0.5) is 5.69 Å². The standard InChI is InChI=1S/C20H17I2N5O/c21-8-13-4-3-5-14(9-22)17(13)12-27-11-15(10-23-27)24-20(28)19-16-6-1-2-7-18(16)25-26-19/h1-7,10-11H,8-9,12H2,(H,24,28)(H,25,26). The van der Waals surface area contributed by atoms with Crippen molar-refractivity contribution in [1.82, 2.24) is 20.0 Å². The van der Waals surface area contributed by atoms with E-state index in [1.807, 2.05) is 35.1 Å². The molecule has 2 aromatic carbocycles. The van der Waals surface area contributed by atoms with Gasteiger partial charge in [-0.05, 0) is 22.8 Å². The Kier molecular flexibility index (Phi) is 5.95. The number of alkyl halides is 2. The fraction of sp³-hybridized carbons (Fsp3) is 0.150. The third-order valence-electron chi connectivity index (χ3n) is 4.55. The van der Waals surface area contributed by atoms with Crippen LogP contribution in [0.25, 0.3) is 10.9 Å². The summed E-state index contributed by atoms with van der Waals surface area (Å²) in [7, 11) is 0. The lowest BCUT2D eigenvalue weighted by Gasteiger charge is -2.12. The summed E-state index contributed by atoms with van der Waals surface area (Å²) in [5, 5.41) is 15.2. The minimum absolute atomic E-state index is 0.252. The van der Waals surface area contributed by atoms with E-state index in [0.717, 1.165) is 19.8 Å². The average Bonchev–Trinajstić information content (AvgIpc) is 3.35. The van der Waals surface area contributed by atoms with Gasteiger partial charge in [-0.2, -0.15) is 10.2 Å². The summed E-state index contributed by atoms with van der Waals surface area (Å²) < 4.78 is 3.77. The van der Waals surface area contributed by atoms with Crippen LogP contribution >= 0.6 is 45.2 Å². The molecule has 0 spiro atoms. The van der Waals surface area contributed by atoms with Crippen LogP contribution in [0.3, 0.4) is 0 Å². The molecule has 0 saturated carbocycles. The maximum absolute atomic E-state index is 12.6. The summed E-state index contributed by atoms with van der Waals surface area (Å²) in [5.74, 6) is -0.252. The lowest BCUT2D eigenvalue weighted by Crippen LogP contribution is -2.12. The second-order valence-corrected chi connectivity index (χ2v) is 7.85. The number of nitrogens with one attached hydrogen (secondary N) is 2. The number of fused-ring (bicyclic) bond motifs is 1. The van der Waals surface area contributed by atoms with Gasteiger partial charge in [0.05, 0.1) is 23.9 Å². The highest BCUT2D eigenvalue weighted by Crippen LogP contribution is 2.22. The first-order valence-corrected chi connectivity index (χ1v) is 11.7. The Bertz CT molecular complexity index is 1110. The third-order valence-corrected chi connectivity index (χ3v) is 6.20. The summed E-state index contributed by atoms with van der Waals surface area (Å²) in [6.07, 6.45) is 3.52. The summed E-state index contributed by atoms with van der Waals surface area (Å²) in [4.78, 5) is 12.6. The number of H-pyrrole nitrogens is 1. The summed E-state index contributed by atoms with van der Waals surface area (Å²) in [5.41, 5.74) is 5.80. The van der Waals surface area contributed by atoms with Gasteiger partial charge in [0, 0.05) is 20.4 Å². The van der Waals surface area contributed by atoms with Crippen molar-refractivity contribution in [3.63, 3.8) is 0 Å². The molecule has 0 unspecified atom stereocenters. The van der Waals surface area contributed by atoms with Crippen LogP contribution in [0.5, 0.6) is 0 Å². The molecule has 0 aliphatic rings. The molecule has 6 nitrogen and oxygen atoms in total. The number of aromatic amines is 1. The van der Waals surface area contributed by atoms with Crippen molar-refractivity contribution in [2.24, 2.45) is 0 Å². The molecule has 1 amide bonds. The minimum atomic E-state index is -0.252. The fourth-order valence-electron chi connectivity index (χ4n) is 3.14. The van der Waals surface area contributed by atoms with Crippen LogP contribution in [-0.2, 0) is 15.4 Å². The molecule has 8 heteroatoms. The van der Waals surface area contributed by atoms with Crippen molar-refractivity contribution in [3.05, 3.63) is 77.2 Å². The van der Waals surface area contributed by atoms with E-state index >= 15 is 0 Å². The Morgan fingerprint density at radius 3 is 2.57 bits per heavy atom. The second-order valence-electron chi connectivity index (χ2n) is 6.32. The molecule has 0 radical (unpaired) electrons. The summed E-state index contributed by atoms with van der Waals surface area (Å²) in [6, 6.07) is 14.0. The van der Waals surface area contributed by atoms with Crippen LogP contribution in [-0.4, -0.2) is 25.9 Å². The Morgan fingerprint density at radius 1 is 1.07 bits per heavy atom. The molecule has 2 aromatic heterocycles. The molecule has 142 valence electrons. The van der Waals surface area contributed by atoms with E-state index in [1.165, 1.54) is 16.7 Å². The highest BCUT2D eigenvalue weighted by Gasteiger charge is 2.15. The lowest BCUT2D eigenvalue weighted by molar-refractivity contribution is 0.102. The minimum Gasteiger partial charge on any atom is -0.318 e. The van der Waals surface area contributed by atoms with Crippen LogP contribution in [0.15, 0.2) is 54.9 Å². The zero-order valence-corrected chi connectivity index (χ0v) is 19.1. The number of amides is 1. The van der Waals surface area contributed by atoms with E-state index < -0.39 is 0 Å². The van der Waals surface area contributed by atoms with Gasteiger partial charge in [-0.3, -0.25) is 14.6 Å². The second kappa shape index (κ2) is 8.60. The first-order chi connectivity index (χ1) is 13.7. The molecular formula is C20H17I2N5O. The Labute approximate surface area is 189 Å². The smallest absolute Gasteiger partial charge is 0.276 e. The van der Waals surface area contributed by atoms with Gasteiger partial charge in [-0.25, -0.2) is 0 Å². The molecule has 2 heterocycles. The number of rotatable bonds is 6. The van der Waals surface area contributed by atoms with E-state index in [0.29, 0.717) is 17.9 Å². The molecule has 2 N–H and O–H groups in total. The zero-order valence-electron chi connectivity index (χ0n) is 14.8.